The summed E-state index contributed by atoms with van der Waals surface area (Å²) in [5.41, 5.74) is 2.76. The number of carboxylic acid groups (broad SMARTS) is 1. The molecule has 6 nitrogen and oxygen atoms in total. The number of nitrogens with zero attached hydrogens (tertiary/aromatic N) is 1. The Labute approximate surface area is 254 Å². The van der Waals surface area contributed by atoms with E-state index in [-0.39, 0.29) is 25.7 Å². The second-order valence-electron chi connectivity index (χ2n) is 12.0. The van der Waals surface area contributed by atoms with Crippen molar-refractivity contribution in [3.63, 3.8) is 0 Å². The Kier molecular flexibility index (Phi) is 14.2. The van der Waals surface area contributed by atoms with Gasteiger partial charge in [-0.1, -0.05) is 43.5 Å². The molecule has 3 aliphatic rings. The molecule has 0 amide bonds. The maximum Gasteiger partial charge on any atom is 1.00 e. The number of rotatable bonds is 14. The second-order valence-corrected chi connectivity index (χ2v) is 12.9. The van der Waals surface area contributed by atoms with Crippen LogP contribution in [0.3, 0.4) is 0 Å². The summed E-state index contributed by atoms with van der Waals surface area (Å²) < 4.78 is 6.43. The normalized spacial score (nSPS) is 27.2. The zero-order chi connectivity index (χ0) is 26.8. The van der Waals surface area contributed by atoms with Crippen molar-refractivity contribution in [2.24, 2.45) is 5.41 Å². The molecule has 4 atom stereocenters. The van der Waals surface area contributed by atoms with E-state index in [1.54, 1.807) is 11.8 Å². The zero-order valence-corrected chi connectivity index (χ0v) is 25.6. The van der Waals surface area contributed by atoms with Gasteiger partial charge in [-0.25, -0.2) is 0 Å². The number of hydrogen-bond acceptors (Lipinski definition) is 6. The topological polar surface area (TPSA) is 73.8 Å². The number of carboxylic acids is 1. The van der Waals surface area contributed by atoms with Crippen molar-refractivity contribution in [3.8, 4) is 0 Å². The predicted octanol–water partition coefficient (Wildman–Crippen LogP) is 2.17. The van der Waals surface area contributed by atoms with E-state index in [0.717, 1.165) is 57.9 Å². The molecule has 1 aliphatic carbocycles. The number of ether oxygens (including phenoxy) is 1. The molecule has 0 aromatic heterocycles. The van der Waals surface area contributed by atoms with Gasteiger partial charge in [0.2, 0.25) is 0 Å². The van der Waals surface area contributed by atoms with Crippen LogP contribution in [-0.4, -0.2) is 85.5 Å². The molecule has 2 aliphatic heterocycles. The van der Waals surface area contributed by atoms with Crippen molar-refractivity contribution < 1.29 is 34.9 Å². The van der Waals surface area contributed by atoms with E-state index in [9.17, 15) is 9.90 Å². The monoisotopic (exact) mass is 553 g/mol. The number of hydrogen-bond donors (Lipinski definition) is 3. The summed E-state index contributed by atoms with van der Waals surface area (Å²) in [6, 6.07) is 8.83. The van der Waals surface area contributed by atoms with Crippen LogP contribution in [0.5, 0.6) is 0 Å². The van der Waals surface area contributed by atoms with Crippen LogP contribution in [0.4, 0.5) is 0 Å². The van der Waals surface area contributed by atoms with E-state index in [1.807, 2.05) is 6.26 Å². The fraction of sp³-hybridized carbons (Fsp3) is 0.774. The van der Waals surface area contributed by atoms with E-state index >= 15 is 0 Å². The van der Waals surface area contributed by atoms with Gasteiger partial charge in [0, 0.05) is 25.0 Å². The van der Waals surface area contributed by atoms with Crippen LogP contribution in [-0.2, 0) is 9.53 Å². The molecule has 1 aromatic carbocycles. The number of likely N-dealkylation sites (tertiary alicyclic amines) is 1. The summed E-state index contributed by atoms with van der Waals surface area (Å²) in [7, 11) is 0. The Morgan fingerprint density at radius 2 is 2.05 bits per heavy atom. The van der Waals surface area contributed by atoms with Crippen LogP contribution in [0.2, 0.25) is 0 Å². The molecule has 2 heterocycles. The fourth-order valence-electron chi connectivity index (χ4n) is 7.09. The minimum Gasteiger partial charge on any atom is -1.00 e. The third kappa shape index (κ3) is 9.23. The number of aryl methyl sites for hydroxylation is 1. The first-order valence-electron chi connectivity index (χ1n) is 15.1. The molecule has 2 saturated heterocycles. The first-order chi connectivity index (χ1) is 18.5. The molecule has 3 fully saturated rings. The Morgan fingerprint density at radius 3 is 2.79 bits per heavy atom. The Balaban J connectivity index is 0.00000280. The summed E-state index contributed by atoms with van der Waals surface area (Å²) in [5.74, 6) is 0.491. The van der Waals surface area contributed by atoms with Crippen LogP contribution in [0.15, 0.2) is 24.3 Å². The molecule has 1 saturated carbocycles. The molecular formula is C31H52LiN3O3S. The summed E-state index contributed by atoms with van der Waals surface area (Å²) >= 11 is 1.72. The molecular weight excluding hydrogens is 501 g/mol. The smallest absolute Gasteiger partial charge is 1.00 e. The first-order valence-corrected chi connectivity index (χ1v) is 16.5. The van der Waals surface area contributed by atoms with Crippen molar-refractivity contribution in [3.05, 3.63) is 35.4 Å². The van der Waals surface area contributed by atoms with Gasteiger partial charge >= 0.3 is 24.8 Å². The van der Waals surface area contributed by atoms with Gasteiger partial charge in [0.25, 0.3) is 0 Å². The number of benzene rings is 1. The summed E-state index contributed by atoms with van der Waals surface area (Å²) in [6.07, 6.45) is 14.3. The molecule has 3 unspecified atom stereocenters. The molecule has 4 rings (SSSR count). The van der Waals surface area contributed by atoms with Crippen LogP contribution in [0.1, 0.15) is 82.7 Å². The number of carbonyl (C=O) groups is 1. The van der Waals surface area contributed by atoms with Crippen molar-refractivity contribution in [1.82, 2.24) is 15.5 Å². The van der Waals surface area contributed by atoms with Gasteiger partial charge in [0.05, 0.1) is 12.7 Å². The van der Waals surface area contributed by atoms with Gasteiger partial charge in [0.15, 0.2) is 0 Å². The molecule has 3 N–H and O–H groups in total. The second kappa shape index (κ2) is 16.8. The van der Waals surface area contributed by atoms with Crippen LogP contribution >= 0.6 is 11.8 Å². The number of thioether (sulfide) groups is 1. The fourth-order valence-corrected chi connectivity index (χ4v) is 7.56. The van der Waals surface area contributed by atoms with Gasteiger partial charge in [-0.2, -0.15) is 11.8 Å². The van der Waals surface area contributed by atoms with E-state index < -0.39 is 12.0 Å². The Hall–Kier alpha value is -0.523. The van der Waals surface area contributed by atoms with Gasteiger partial charge < -0.3 is 21.9 Å². The van der Waals surface area contributed by atoms with E-state index in [2.05, 4.69) is 46.7 Å². The molecule has 1 aromatic rings. The average molecular weight is 554 g/mol. The predicted molar refractivity (Wildman–Crippen MR) is 159 cm³/mol. The number of aliphatic carboxylic acids is 1. The number of piperidine rings is 1. The van der Waals surface area contributed by atoms with Crippen LogP contribution in [0, 0.1) is 12.3 Å². The van der Waals surface area contributed by atoms with Gasteiger partial charge in [0.1, 0.15) is 6.04 Å². The zero-order valence-electron chi connectivity index (χ0n) is 25.8. The molecule has 0 spiro atoms. The van der Waals surface area contributed by atoms with Crippen molar-refractivity contribution in [2.75, 3.05) is 51.3 Å². The van der Waals surface area contributed by atoms with Crippen LogP contribution < -0.4 is 29.5 Å². The number of nitrogens with one attached hydrogen (secondary N) is 2. The summed E-state index contributed by atoms with van der Waals surface area (Å²) in [5, 5.41) is 17.2. The van der Waals surface area contributed by atoms with Gasteiger partial charge in [-0.3, -0.25) is 9.69 Å². The van der Waals surface area contributed by atoms with Gasteiger partial charge in [-0.05, 0) is 100 Å². The average Bonchev–Trinajstić information content (AvgIpc) is 3.39. The van der Waals surface area contributed by atoms with Crippen molar-refractivity contribution >= 4 is 17.7 Å². The molecule has 39 heavy (non-hydrogen) atoms. The maximum absolute atomic E-state index is 12.1. The molecule has 0 bridgehead atoms. The SMILES string of the molecule is CSCCC(NCC1(CCN2CCC[C@H]2COC2CCCCC2)CCNCC1c1ccccc1C)C(=O)O.[H-].[Li+]. The Morgan fingerprint density at radius 1 is 1.26 bits per heavy atom. The minimum atomic E-state index is -0.727. The largest absolute Gasteiger partial charge is 1.00 e. The van der Waals surface area contributed by atoms with Crippen molar-refractivity contribution in [1.29, 1.82) is 0 Å². The van der Waals surface area contributed by atoms with E-state index in [1.165, 1.54) is 56.1 Å². The molecule has 8 heteroatoms. The third-order valence-electron chi connectivity index (χ3n) is 9.53. The van der Waals surface area contributed by atoms with E-state index in [0.29, 0.717) is 24.5 Å². The summed E-state index contributed by atoms with van der Waals surface area (Å²) in [6.45, 7) is 7.99. The quantitative estimate of drug-likeness (QED) is 0.305. The van der Waals surface area contributed by atoms with E-state index in [4.69, 9.17) is 4.74 Å². The molecule has 0 radical (unpaired) electrons. The molecule has 216 valence electrons. The third-order valence-corrected chi connectivity index (χ3v) is 10.2. The van der Waals surface area contributed by atoms with Gasteiger partial charge in [-0.15, -0.1) is 0 Å². The maximum atomic E-state index is 12.1. The standard InChI is InChI=1S/C31H51N3O3S.Li.H/c1-24-9-6-7-13-27(24)28-21-32-17-15-31(28,23-33-29(30(35)36)14-20-38-2)16-19-34-18-8-10-25(34)22-37-26-11-4-3-5-12-26;;/h6-7,9,13,25-26,28-29,32-33H,3-5,8,10-12,14-23H2,1-2H3,(H,35,36);;/q;+1;-1/t25-,28?,29?,31?;;/m0../s1. The minimum absolute atomic E-state index is 0. The first kappa shape index (κ1) is 33.0. The summed E-state index contributed by atoms with van der Waals surface area (Å²) in [4.78, 5) is 14.8. The van der Waals surface area contributed by atoms with Crippen LogP contribution in [0.25, 0.3) is 0 Å². The Bertz CT molecular complexity index is 878. The van der Waals surface area contributed by atoms with Crippen molar-refractivity contribution in [2.45, 2.75) is 95.2 Å².